The monoisotopic (exact) mass is 369 g/mol. The summed E-state index contributed by atoms with van der Waals surface area (Å²) in [7, 11) is 0. The SMILES string of the molecule is NC(=O)N1CCC[C@@H](C(=O)NCCCSCc2ccccc2Cl)C1. The van der Waals surface area contributed by atoms with Crippen LogP contribution in [0.3, 0.4) is 0 Å². The van der Waals surface area contributed by atoms with Crippen LogP contribution in [-0.2, 0) is 10.5 Å². The van der Waals surface area contributed by atoms with Crippen molar-refractivity contribution in [1.82, 2.24) is 10.2 Å². The van der Waals surface area contributed by atoms with Crippen LogP contribution in [-0.4, -0.2) is 42.2 Å². The number of nitrogens with two attached hydrogens (primary N) is 1. The van der Waals surface area contributed by atoms with Crippen LogP contribution >= 0.6 is 23.4 Å². The average Bonchev–Trinajstić information content (AvgIpc) is 2.59. The first-order valence-corrected chi connectivity index (χ1v) is 9.74. The quantitative estimate of drug-likeness (QED) is 0.725. The summed E-state index contributed by atoms with van der Waals surface area (Å²) in [5.41, 5.74) is 6.43. The highest BCUT2D eigenvalue weighted by Crippen LogP contribution is 2.21. The van der Waals surface area contributed by atoms with Crippen molar-refractivity contribution in [3.05, 3.63) is 34.9 Å². The minimum atomic E-state index is -0.441. The van der Waals surface area contributed by atoms with E-state index in [-0.39, 0.29) is 11.8 Å². The molecule has 0 unspecified atom stereocenters. The molecule has 5 nitrogen and oxygen atoms in total. The predicted octanol–water partition coefficient (Wildman–Crippen LogP) is 2.87. The highest BCUT2D eigenvalue weighted by molar-refractivity contribution is 7.98. The van der Waals surface area contributed by atoms with E-state index in [1.807, 2.05) is 24.3 Å². The van der Waals surface area contributed by atoms with Crippen LogP contribution in [0.2, 0.25) is 5.02 Å². The van der Waals surface area contributed by atoms with Gasteiger partial charge >= 0.3 is 6.03 Å². The van der Waals surface area contributed by atoms with Gasteiger partial charge in [0.05, 0.1) is 5.92 Å². The Morgan fingerprint density at radius 3 is 2.92 bits per heavy atom. The van der Waals surface area contributed by atoms with Gasteiger partial charge in [0.25, 0.3) is 0 Å². The van der Waals surface area contributed by atoms with E-state index in [4.69, 9.17) is 17.3 Å². The largest absolute Gasteiger partial charge is 0.356 e. The van der Waals surface area contributed by atoms with Gasteiger partial charge in [0.2, 0.25) is 5.91 Å². The average molecular weight is 370 g/mol. The molecule has 1 aromatic rings. The fourth-order valence-corrected chi connectivity index (χ4v) is 3.97. The number of halogens is 1. The van der Waals surface area contributed by atoms with Gasteiger partial charge in [-0.25, -0.2) is 4.79 Å². The van der Waals surface area contributed by atoms with E-state index >= 15 is 0 Å². The standard InChI is InChI=1S/C17H24ClN3O2S/c18-15-7-2-1-5-14(15)12-24-10-4-8-20-16(22)13-6-3-9-21(11-13)17(19)23/h1-2,5,7,13H,3-4,6,8-12H2,(H2,19,23)(H,20,22)/t13-/m1/s1. The number of primary amides is 1. The smallest absolute Gasteiger partial charge is 0.314 e. The van der Waals surface area contributed by atoms with E-state index in [2.05, 4.69) is 5.32 Å². The van der Waals surface area contributed by atoms with Crippen LogP contribution in [0.5, 0.6) is 0 Å². The van der Waals surface area contributed by atoms with E-state index in [1.54, 1.807) is 16.7 Å². The van der Waals surface area contributed by atoms with Gasteiger partial charge in [0.1, 0.15) is 0 Å². The first-order valence-electron chi connectivity index (χ1n) is 8.21. The predicted molar refractivity (Wildman–Crippen MR) is 99.1 cm³/mol. The Hall–Kier alpha value is -1.40. The number of amides is 3. The maximum absolute atomic E-state index is 12.2. The molecular formula is C17H24ClN3O2S. The number of nitrogens with one attached hydrogen (secondary N) is 1. The van der Waals surface area contributed by atoms with Crippen LogP contribution in [0.4, 0.5) is 4.79 Å². The first-order chi connectivity index (χ1) is 11.6. The summed E-state index contributed by atoms with van der Waals surface area (Å²) >= 11 is 7.93. The fourth-order valence-electron chi connectivity index (χ4n) is 2.72. The molecule has 0 saturated carbocycles. The molecule has 1 aliphatic rings. The number of thioether (sulfide) groups is 1. The van der Waals surface area contributed by atoms with Crippen LogP contribution < -0.4 is 11.1 Å². The fraction of sp³-hybridized carbons (Fsp3) is 0.529. The Bertz CT molecular complexity index is 571. The number of benzene rings is 1. The van der Waals surface area contributed by atoms with Crippen molar-refractivity contribution < 1.29 is 9.59 Å². The molecule has 1 saturated heterocycles. The van der Waals surface area contributed by atoms with E-state index in [0.29, 0.717) is 19.6 Å². The lowest BCUT2D eigenvalue weighted by Gasteiger charge is -2.30. The lowest BCUT2D eigenvalue weighted by molar-refractivity contribution is -0.126. The number of hydrogen-bond acceptors (Lipinski definition) is 3. The third kappa shape index (κ3) is 5.91. The summed E-state index contributed by atoms with van der Waals surface area (Å²) in [6.07, 6.45) is 2.55. The Morgan fingerprint density at radius 2 is 2.17 bits per heavy atom. The molecule has 2 rings (SSSR count). The van der Waals surface area contributed by atoms with Crippen LogP contribution in [0.25, 0.3) is 0 Å². The molecule has 1 atom stereocenters. The van der Waals surface area contributed by atoms with Gasteiger partial charge in [0, 0.05) is 30.4 Å². The zero-order valence-corrected chi connectivity index (χ0v) is 15.2. The second-order valence-electron chi connectivity index (χ2n) is 5.91. The molecule has 3 N–H and O–H groups in total. The topological polar surface area (TPSA) is 75.4 Å². The van der Waals surface area contributed by atoms with Gasteiger partial charge in [-0.1, -0.05) is 29.8 Å². The van der Waals surface area contributed by atoms with E-state index in [9.17, 15) is 9.59 Å². The molecule has 1 fully saturated rings. The lowest BCUT2D eigenvalue weighted by atomic mass is 9.97. The van der Waals surface area contributed by atoms with Crippen LogP contribution in [0.1, 0.15) is 24.8 Å². The van der Waals surface area contributed by atoms with E-state index < -0.39 is 6.03 Å². The number of urea groups is 1. The molecule has 3 amide bonds. The summed E-state index contributed by atoms with van der Waals surface area (Å²) in [4.78, 5) is 24.9. The molecule has 132 valence electrons. The molecule has 1 aliphatic heterocycles. The Kier molecular flexibility index (Phi) is 7.72. The van der Waals surface area contributed by atoms with Gasteiger partial charge in [-0.05, 0) is 36.6 Å². The number of rotatable bonds is 7. The maximum Gasteiger partial charge on any atom is 0.314 e. The van der Waals surface area contributed by atoms with Crippen molar-refractivity contribution in [3.63, 3.8) is 0 Å². The lowest BCUT2D eigenvalue weighted by Crippen LogP contribution is -2.47. The second-order valence-corrected chi connectivity index (χ2v) is 7.42. The third-order valence-electron chi connectivity index (χ3n) is 4.08. The number of likely N-dealkylation sites (tertiary alicyclic amines) is 1. The third-order valence-corrected chi connectivity index (χ3v) is 5.55. The number of piperidine rings is 1. The normalized spacial score (nSPS) is 17.5. The molecule has 1 aromatic carbocycles. The highest BCUT2D eigenvalue weighted by atomic mass is 35.5. The van der Waals surface area contributed by atoms with Crippen LogP contribution in [0, 0.1) is 5.92 Å². The zero-order valence-electron chi connectivity index (χ0n) is 13.7. The summed E-state index contributed by atoms with van der Waals surface area (Å²) in [5.74, 6) is 1.73. The Balaban J connectivity index is 1.59. The molecule has 0 aromatic heterocycles. The van der Waals surface area contributed by atoms with Crippen molar-refractivity contribution in [3.8, 4) is 0 Å². The minimum absolute atomic E-state index is 0.0250. The maximum atomic E-state index is 12.2. The van der Waals surface area contributed by atoms with E-state index in [0.717, 1.165) is 41.4 Å². The van der Waals surface area contributed by atoms with Crippen molar-refractivity contribution >= 4 is 35.3 Å². The van der Waals surface area contributed by atoms with Crippen molar-refractivity contribution in [2.75, 3.05) is 25.4 Å². The minimum Gasteiger partial charge on any atom is -0.356 e. The number of carbonyl (C=O) groups is 2. The summed E-state index contributed by atoms with van der Waals surface area (Å²) < 4.78 is 0. The van der Waals surface area contributed by atoms with Gasteiger partial charge in [-0.2, -0.15) is 11.8 Å². The van der Waals surface area contributed by atoms with E-state index in [1.165, 1.54) is 0 Å². The molecular weight excluding hydrogens is 346 g/mol. The van der Waals surface area contributed by atoms with Crippen LogP contribution in [0.15, 0.2) is 24.3 Å². The molecule has 0 radical (unpaired) electrons. The van der Waals surface area contributed by atoms with Crippen molar-refractivity contribution in [1.29, 1.82) is 0 Å². The Morgan fingerprint density at radius 1 is 1.38 bits per heavy atom. The zero-order chi connectivity index (χ0) is 17.4. The molecule has 0 spiro atoms. The molecule has 0 bridgehead atoms. The van der Waals surface area contributed by atoms with Crippen molar-refractivity contribution in [2.45, 2.75) is 25.0 Å². The first kappa shape index (κ1) is 18.9. The number of hydrogen-bond donors (Lipinski definition) is 2. The summed E-state index contributed by atoms with van der Waals surface area (Å²) in [6, 6.07) is 7.41. The van der Waals surface area contributed by atoms with Gasteiger partial charge in [-0.15, -0.1) is 0 Å². The molecule has 24 heavy (non-hydrogen) atoms. The van der Waals surface area contributed by atoms with Crippen molar-refractivity contribution in [2.24, 2.45) is 11.7 Å². The van der Waals surface area contributed by atoms with Gasteiger partial charge < -0.3 is 16.0 Å². The summed E-state index contributed by atoms with van der Waals surface area (Å²) in [5, 5.41) is 3.77. The van der Waals surface area contributed by atoms with Gasteiger partial charge in [-0.3, -0.25) is 4.79 Å². The molecule has 1 heterocycles. The number of carbonyl (C=O) groups excluding carboxylic acids is 2. The Labute approximate surface area is 152 Å². The number of nitrogens with zero attached hydrogens (tertiary/aromatic N) is 1. The molecule has 7 heteroatoms. The summed E-state index contributed by atoms with van der Waals surface area (Å²) in [6.45, 7) is 1.74. The molecule has 0 aliphatic carbocycles. The van der Waals surface area contributed by atoms with Gasteiger partial charge in [0.15, 0.2) is 0 Å². The second kappa shape index (κ2) is 9.79. The highest BCUT2D eigenvalue weighted by Gasteiger charge is 2.26.